The number of nitrogens with one attached hydrogen (secondary N) is 2. The number of carboxylic acid groups (broad SMARTS) is 1. The van der Waals surface area contributed by atoms with Crippen LogP contribution in [0.5, 0.6) is 0 Å². The summed E-state index contributed by atoms with van der Waals surface area (Å²) in [4.78, 5) is 60.5. The third-order valence-electron chi connectivity index (χ3n) is 7.84. The molecule has 0 saturated heterocycles. The van der Waals surface area contributed by atoms with Gasteiger partial charge in [0.1, 0.15) is 17.9 Å². The van der Waals surface area contributed by atoms with Crippen LogP contribution in [0.2, 0.25) is 0 Å². The maximum atomic E-state index is 15.1. The van der Waals surface area contributed by atoms with Gasteiger partial charge < -0.3 is 15.7 Å². The number of pyridine rings is 2. The Balaban J connectivity index is 0.00000265. The van der Waals surface area contributed by atoms with Crippen molar-refractivity contribution < 1.29 is 32.3 Å². The van der Waals surface area contributed by atoms with Gasteiger partial charge in [-0.05, 0) is 54.8 Å². The van der Waals surface area contributed by atoms with Gasteiger partial charge in [-0.1, -0.05) is 32.9 Å². The largest absolute Gasteiger partial charge is 0.480 e. The number of aliphatic carboxylic acids is 1. The summed E-state index contributed by atoms with van der Waals surface area (Å²) in [5, 5.41) is 15.1. The fraction of sp³-hybridized carbons (Fsp3) is 0.294. The molecular formula is C34H34F4N6O5. The number of anilines is 1. The predicted molar refractivity (Wildman–Crippen MR) is 177 cm³/mol. The highest BCUT2D eigenvalue weighted by Crippen LogP contribution is 2.28. The minimum absolute atomic E-state index is 0.0108. The molecule has 3 heterocycles. The van der Waals surface area contributed by atoms with Crippen LogP contribution in [-0.4, -0.2) is 54.3 Å². The number of fused-ring (bicyclic) bond motifs is 2. The number of hydrogen-bond donors (Lipinski definition) is 3. The molecule has 0 spiro atoms. The Labute approximate surface area is 277 Å². The van der Waals surface area contributed by atoms with E-state index >= 15 is 4.39 Å². The Bertz CT molecular complexity index is 2140. The zero-order chi connectivity index (χ0) is 36.2. The minimum atomic E-state index is -4.58. The van der Waals surface area contributed by atoms with Crippen LogP contribution in [0.3, 0.4) is 0 Å². The van der Waals surface area contributed by atoms with Crippen molar-refractivity contribution in [3.63, 3.8) is 0 Å². The van der Waals surface area contributed by atoms with Crippen molar-refractivity contribution >= 4 is 39.4 Å². The molecular weight excluding hydrogens is 648 g/mol. The van der Waals surface area contributed by atoms with Crippen LogP contribution < -0.4 is 21.9 Å². The molecule has 49 heavy (non-hydrogen) atoms. The lowest BCUT2D eigenvalue weighted by atomic mass is 9.99. The smallest absolute Gasteiger partial charge is 0.408 e. The Kier molecular flexibility index (Phi) is 10.8. The Hall–Kier alpha value is -5.60. The minimum Gasteiger partial charge on any atom is -0.480 e. The summed E-state index contributed by atoms with van der Waals surface area (Å²) in [6.07, 6.45) is -0.938. The van der Waals surface area contributed by atoms with Gasteiger partial charge >= 0.3 is 17.8 Å². The lowest BCUT2D eigenvalue weighted by molar-refractivity contribution is -0.143. The Morgan fingerprint density at radius 3 is 2.39 bits per heavy atom. The summed E-state index contributed by atoms with van der Waals surface area (Å²) < 4.78 is 57.0. The summed E-state index contributed by atoms with van der Waals surface area (Å²) in [5.74, 6) is -3.66. The summed E-state index contributed by atoms with van der Waals surface area (Å²) in [6.45, 7) is 6.64. The van der Waals surface area contributed by atoms with Crippen molar-refractivity contribution in [1.82, 2.24) is 24.4 Å². The van der Waals surface area contributed by atoms with Gasteiger partial charge in [0.2, 0.25) is 0 Å². The second-order valence-corrected chi connectivity index (χ2v) is 10.9. The number of nitrogens with zero attached hydrogens (tertiary/aromatic N) is 4. The van der Waals surface area contributed by atoms with Crippen LogP contribution in [0.1, 0.15) is 48.7 Å². The van der Waals surface area contributed by atoms with E-state index in [2.05, 4.69) is 20.6 Å². The molecule has 2 aromatic carbocycles. The topological polar surface area (TPSA) is 148 Å². The average molecular weight is 683 g/mol. The van der Waals surface area contributed by atoms with E-state index in [0.29, 0.717) is 16.5 Å². The summed E-state index contributed by atoms with van der Waals surface area (Å²) >= 11 is 0. The fourth-order valence-electron chi connectivity index (χ4n) is 5.46. The van der Waals surface area contributed by atoms with Crippen LogP contribution in [-0.2, 0) is 18.3 Å². The van der Waals surface area contributed by atoms with Crippen molar-refractivity contribution in [2.24, 2.45) is 7.05 Å². The number of hydrogen-bond acceptors (Lipinski definition) is 7. The number of carbonyl (C=O) groups excluding carboxylic acids is 1. The van der Waals surface area contributed by atoms with Crippen molar-refractivity contribution in [3.8, 4) is 5.69 Å². The fourth-order valence-corrected chi connectivity index (χ4v) is 5.46. The van der Waals surface area contributed by atoms with Gasteiger partial charge in [-0.2, -0.15) is 13.2 Å². The number of amides is 1. The first-order chi connectivity index (χ1) is 23.2. The molecule has 0 saturated carbocycles. The van der Waals surface area contributed by atoms with Gasteiger partial charge in [-0.15, -0.1) is 0 Å². The van der Waals surface area contributed by atoms with E-state index in [1.54, 1.807) is 12.1 Å². The number of rotatable bonds is 9. The summed E-state index contributed by atoms with van der Waals surface area (Å²) in [7, 11) is 1.49. The molecule has 3 N–H and O–H groups in total. The molecule has 258 valence electrons. The number of aryl methyl sites for hydroxylation is 2. The number of carbonyl (C=O) groups is 2. The second-order valence-electron chi connectivity index (χ2n) is 10.9. The number of aromatic nitrogens is 4. The quantitative estimate of drug-likeness (QED) is 0.178. The first kappa shape index (κ1) is 36.2. The summed E-state index contributed by atoms with van der Waals surface area (Å²) in [6, 6.07) is 6.03. The second kappa shape index (κ2) is 14.7. The molecule has 1 amide bonds. The molecule has 0 radical (unpaired) electrons. The van der Waals surface area contributed by atoms with E-state index in [-0.39, 0.29) is 40.7 Å². The molecule has 0 aliphatic heterocycles. The van der Waals surface area contributed by atoms with Crippen molar-refractivity contribution in [3.05, 3.63) is 104 Å². The molecule has 0 aliphatic carbocycles. The summed E-state index contributed by atoms with van der Waals surface area (Å²) in [5.41, 5.74) is -0.920. The van der Waals surface area contributed by atoms with E-state index in [1.165, 1.54) is 68.3 Å². The molecule has 0 aliphatic rings. The van der Waals surface area contributed by atoms with Crippen LogP contribution in [0.25, 0.3) is 27.5 Å². The Morgan fingerprint density at radius 2 is 1.76 bits per heavy atom. The maximum Gasteiger partial charge on any atom is 0.408 e. The zero-order valence-electron chi connectivity index (χ0n) is 27.2. The molecule has 3 aromatic heterocycles. The van der Waals surface area contributed by atoms with Crippen molar-refractivity contribution in [2.75, 3.05) is 5.32 Å². The maximum absolute atomic E-state index is 15.1. The number of benzene rings is 2. The third-order valence-corrected chi connectivity index (χ3v) is 7.84. The number of alkyl halides is 3. The van der Waals surface area contributed by atoms with Gasteiger partial charge in [-0.25, -0.2) is 18.5 Å². The molecule has 15 heteroatoms. The Morgan fingerprint density at radius 1 is 1.04 bits per heavy atom. The number of carboxylic acids is 1. The van der Waals surface area contributed by atoms with Gasteiger partial charge in [-0.3, -0.25) is 24.1 Å². The highest BCUT2D eigenvalue weighted by molar-refractivity contribution is 5.99. The van der Waals surface area contributed by atoms with Gasteiger partial charge in [0.15, 0.2) is 0 Å². The molecule has 5 aromatic rings. The van der Waals surface area contributed by atoms with Gasteiger partial charge in [0.05, 0.1) is 33.9 Å². The number of halogens is 4. The highest BCUT2D eigenvalue weighted by atomic mass is 19.4. The predicted octanol–water partition coefficient (Wildman–Crippen LogP) is 5.28. The van der Waals surface area contributed by atoms with E-state index < -0.39 is 52.8 Å². The van der Waals surface area contributed by atoms with E-state index in [9.17, 15) is 37.5 Å². The average Bonchev–Trinajstić information content (AvgIpc) is 3.06. The first-order valence-electron chi connectivity index (χ1n) is 15.3. The lowest BCUT2D eigenvalue weighted by Gasteiger charge is -2.22. The molecule has 5 rings (SSSR count). The van der Waals surface area contributed by atoms with E-state index in [0.717, 1.165) is 10.6 Å². The molecule has 2 atom stereocenters. The van der Waals surface area contributed by atoms with E-state index in [4.69, 9.17) is 0 Å². The molecule has 0 unspecified atom stereocenters. The normalized spacial score (nSPS) is 12.6. The van der Waals surface area contributed by atoms with Crippen LogP contribution in [0.4, 0.5) is 23.2 Å². The molecule has 0 fully saturated rings. The lowest BCUT2D eigenvalue weighted by Crippen LogP contribution is -2.43. The standard InChI is InChI=1S/C32H28F4N6O5.C2H6/c1-4-25(32(34,35)36)39-18-12-16(2)26(21(33)14-18)28(43)40-22(30(45)46)13-17-7-8-23(27-19(17)6-5-10-38-27)42-29(44)20-9-11-37-15-24(20)41(3)31(42)47;1-2/h5-12,14-15,22,25,39H,4,13H2,1-3H3,(H,40,43)(H,45,46);1-2H3/t22-,25+;/m0./s1. The van der Waals surface area contributed by atoms with E-state index in [1.807, 2.05) is 13.8 Å². The monoisotopic (exact) mass is 682 g/mol. The van der Waals surface area contributed by atoms with Crippen LogP contribution in [0, 0.1) is 12.7 Å². The highest BCUT2D eigenvalue weighted by Gasteiger charge is 2.38. The van der Waals surface area contributed by atoms with Gasteiger partial charge in [0.25, 0.3) is 11.5 Å². The SMILES string of the molecule is CC.CC[C@@H](Nc1cc(C)c(C(=O)N[C@@H](Cc2ccc(-n3c(=O)c4ccncc4n(C)c3=O)c3ncccc23)C(=O)O)c(F)c1)C(F)(F)F. The molecule has 0 bridgehead atoms. The first-order valence-corrected chi connectivity index (χ1v) is 15.3. The molecule has 11 nitrogen and oxygen atoms in total. The van der Waals surface area contributed by atoms with Gasteiger partial charge in [0, 0.05) is 36.9 Å². The third kappa shape index (κ3) is 7.29. The van der Waals surface area contributed by atoms with Crippen LogP contribution >= 0.6 is 0 Å². The van der Waals surface area contributed by atoms with Crippen molar-refractivity contribution in [2.45, 2.75) is 58.8 Å². The van der Waals surface area contributed by atoms with Crippen molar-refractivity contribution in [1.29, 1.82) is 0 Å². The van der Waals surface area contributed by atoms with Crippen LogP contribution in [0.15, 0.2) is 70.6 Å². The zero-order valence-corrected chi connectivity index (χ0v) is 27.2.